The number of nitrogens with two attached hydrogens (primary N) is 1. The Balaban J connectivity index is 2.60. The second-order valence-electron chi connectivity index (χ2n) is 2.59. The summed E-state index contributed by atoms with van der Waals surface area (Å²) in [6.07, 6.45) is 0. The van der Waals surface area contributed by atoms with Crippen molar-refractivity contribution in [2.45, 2.75) is 6.04 Å². The largest absolute Gasteiger partial charge is 0.466 e. The first-order chi connectivity index (χ1) is 6.24. The second-order valence-corrected chi connectivity index (χ2v) is 2.59. The highest BCUT2D eigenvalue weighted by Crippen LogP contribution is 2.10. The molecule has 0 heterocycles. The summed E-state index contributed by atoms with van der Waals surface area (Å²) in [5.41, 5.74) is 6.36. The summed E-state index contributed by atoms with van der Waals surface area (Å²) in [5, 5.41) is 0. The van der Waals surface area contributed by atoms with E-state index in [0.717, 1.165) is 5.56 Å². The fourth-order valence-corrected chi connectivity index (χ4v) is 0.949. The third-order valence-corrected chi connectivity index (χ3v) is 1.64. The van der Waals surface area contributed by atoms with Crippen molar-refractivity contribution in [3.8, 4) is 0 Å². The molecule has 0 saturated carbocycles. The Kier molecular flexibility index (Phi) is 3.40. The van der Waals surface area contributed by atoms with Crippen molar-refractivity contribution in [2.24, 2.45) is 5.73 Å². The first kappa shape index (κ1) is 9.67. The van der Waals surface area contributed by atoms with E-state index in [1.165, 1.54) is 12.1 Å². The molecule has 0 radical (unpaired) electrons. The summed E-state index contributed by atoms with van der Waals surface area (Å²) in [5.74, 6) is -0.313. The molecule has 0 saturated heterocycles. The van der Waals surface area contributed by atoms with Gasteiger partial charge in [-0.1, -0.05) is 12.1 Å². The average Bonchev–Trinajstić information content (AvgIpc) is 2.15. The Morgan fingerprint density at radius 3 is 2.62 bits per heavy atom. The van der Waals surface area contributed by atoms with Crippen molar-refractivity contribution in [3.63, 3.8) is 0 Å². The fourth-order valence-electron chi connectivity index (χ4n) is 0.949. The number of benzene rings is 1. The minimum atomic E-state index is -0.397. The van der Waals surface area contributed by atoms with E-state index >= 15 is 0 Å². The zero-order chi connectivity index (χ0) is 9.68. The average molecular weight is 183 g/mol. The summed E-state index contributed by atoms with van der Waals surface area (Å²) < 4.78 is 17.0. The Bertz CT molecular complexity index is 273. The van der Waals surface area contributed by atoms with Gasteiger partial charge >= 0.3 is 0 Å². The van der Waals surface area contributed by atoms with Gasteiger partial charge < -0.3 is 10.5 Å². The van der Waals surface area contributed by atoms with Crippen LogP contribution >= 0.6 is 0 Å². The van der Waals surface area contributed by atoms with E-state index in [2.05, 4.69) is 4.74 Å². The molecule has 0 fully saturated rings. The Morgan fingerprint density at radius 1 is 1.46 bits per heavy atom. The number of carbonyl (C=O) groups is 1. The van der Waals surface area contributed by atoms with Gasteiger partial charge in [0.05, 0.1) is 6.04 Å². The van der Waals surface area contributed by atoms with Crippen molar-refractivity contribution in [2.75, 3.05) is 6.61 Å². The summed E-state index contributed by atoms with van der Waals surface area (Å²) in [6, 6.07) is 5.36. The summed E-state index contributed by atoms with van der Waals surface area (Å²) in [4.78, 5) is 9.86. The Morgan fingerprint density at radius 2 is 2.08 bits per heavy atom. The third kappa shape index (κ3) is 2.83. The molecular weight excluding hydrogens is 173 g/mol. The third-order valence-electron chi connectivity index (χ3n) is 1.64. The summed E-state index contributed by atoms with van der Waals surface area (Å²) in [7, 11) is 0. The van der Waals surface area contributed by atoms with Crippen LogP contribution in [0.25, 0.3) is 0 Å². The van der Waals surface area contributed by atoms with E-state index in [9.17, 15) is 9.18 Å². The van der Waals surface area contributed by atoms with Gasteiger partial charge in [0.2, 0.25) is 0 Å². The van der Waals surface area contributed by atoms with Crippen LogP contribution < -0.4 is 5.73 Å². The monoisotopic (exact) mass is 183 g/mol. The zero-order valence-corrected chi connectivity index (χ0v) is 6.94. The van der Waals surface area contributed by atoms with Crippen molar-refractivity contribution >= 4 is 6.47 Å². The van der Waals surface area contributed by atoms with E-state index in [1.807, 2.05) is 0 Å². The second kappa shape index (κ2) is 4.57. The van der Waals surface area contributed by atoms with E-state index in [-0.39, 0.29) is 12.4 Å². The van der Waals surface area contributed by atoms with E-state index in [0.29, 0.717) is 6.47 Å². The maximum absolute atomic E-state index is 12.5. The maximum atomic E-state index is 12.5. The summed E-state index contributed by atoms with van der Waals surface area (Å²) >= 11 is 0. The van der Waals surface area contributed by atoms with E-state index < -0.39 is 6.04 Å². The van der Waals surface area contributed by atoms with Crippen molar-refractivity contribution < 1.29 is 13.9 Å². The molecule has 0 aliphatic carbocycles. The van der Waals surface area contributed by atoms with Gasteiger partial charge in [0.25, 0.3) is 6.47 Å². The van der Waals surface area contributed by atoms with Crippen LogP contribution in [0.2, 0.25) is 0 Å². The predicted octanol–water partition coefficient (Wildman–Crippen LogP) is 0.998. The molecule has 1 rings (SSSR count). The van der Waals surface area contributed by atoms with Crippen LogP contribution in [0.1, 0.15) is 11.6 Å². The van der Waals surface area contributed by atoms with Crippen molar-refractivity contribution in [3.05, 3.63) is 35.6 Å². The lowest BCUT2D eigenvalue weighted by molar-refractivity contribution is -0.129. The molecule has 0 bridgehead atoms. The van der Waals surface area contributed by atoms with Gasteiger partial charge in [0, 0.05) is 0 Å². The van der Waals surface area contributed by atoms with E-state index in [1.54, 1.807) is 12.1 Å². The van der Waals surface area contributed by atoms with Crippen LogP contribution in [-0.4, -0.2) is 13.1 Å². The van der Waals surface area contributed by atoms with Crippen LogP contribution in [0.5, 0.6) is 0 Å². The van der Waals surface area contributed by atoms with Gasteiger partial charge in [-0.15, -0.1) is 0 Å². The number of hydrogen-bond donors (Lipinski definition) is 1. The van der Waals surface area contributed by atoms with Gasteiger partial charge in [-0.3, -0.25) is 4.79 Å². The lowest BCUT2D eigenvalue weighted by atomic mass is 10.1. The van der Waals surface area contributed by atoms with Gasteiger partial charge in [-0.05, 0) is 17.7 Å². The fraction of sp³-hybridized carbons (Fsp3) is 0.222. The van der Waals surface area contributed by atoms with Crippen LogP contribution in [0.15, 0.2) is 24.3 Å². The Labute approximate surface area is 75.3 Å². The molecule has 0 aliphatic rings. The molecule has 0 spiro atoms. The van der Waals surface area contributed by atoms with Gasteiger partial charge in [0.1, 0.15) is 12.4 Å². The molecule has 0 amide bonds. The standard InChI is InChI=1S/C9H10FNO2/c10-8-3-1-7(2-4-8)9(11)5-13-6-12/h1-4,6,9H,5,11H2. The molecule has 0 aromatic heterocycles. The highest BCUT2D eigenvalue weighted by atomic mass is 19.1. The normalized spacial score (nSPS) is 12.2. The lowest BCUT2D eigenvalue weighted by Gasteiger charge is -2.09. The number of carbonyl (C=O) groups excluding carboxylic acids is 1. The molecule has 3 nitrogen and oxygen atoms in total. The molecule has 1 aromatic rings. The molecule has 13 heavy (non-hydrogen) atoms. The molecule has 0 aliphatic heterocycles. The summed E-state index contributed by atoms with van der Waals surface area (Å²) in [6.45, 7) is 0.443. The van der Waals surface area contributed by atoms with Crippen LogP contribution in [0.3, 0.4) is 0 Å². The molecule has 1 unspecified atom stereocenters. The van der Waals surface area contributed by atoms with Gasteiger partial charge in [-0.2, -0.15) is 0 Å². The van der Waals surface area contributed by atoms with E-state index in [4.69, 9.17) is 5.73 Å². The first-order valence-electron chi connectivity index (χ1n) is 3.80. The predicted molar refractivity (Wildman–Crippen MR) is 45.3 cm³/mol. The minimum Gasteiger partial charge on any atom is -0.466 e. The van der Waals surface area contributed by atoms with Crippen LogP contribution in [-0.2, 0) is 9.53 Å². The van der Waals surface area contributed by atoms with Crippen LogP contribution in [0.4, 0.5) is 4.39 Å². The number of halogens is 1. The number of ether oxygens (including phenoxy) is 1. The molecule has 4 heteroatoms. The highest BCUT2D eigenvalue weighted by molar-refractivity contribution is 5.37. The number of rotatable bonds is 4. The van der Waals surface area contributed by atoms with Gasteiger partial charge in [0.15, 0.2) is 0 Å². The maximum Gasteiger partial charge on any atom is 0.293 e. The molecule has 2 N–H and O–H groups in total. The lowest BCUT2D eigenvalue weighted by Crippen LogP contribution is -2.16. The first-order valence-corrected chi connectivity index (χ1v) is 3.80. The van der Waals surface area contributed by atoms with Crippen LogP contribution in [0, 0.1) is 5.82 Å². The zero-order valence-electron chi connectivity index (χ0n) is 6.94. The molecular formula is C9H10FNO2. The quantitative estimate of drug-likeness (QED) is 0.708. The smallest absolute Gasteiger partial charge is 0.293 e. The Hall–Kier alpha value is -1.42. The number of hydrogen-bond acceptors (Lipinski definition) is 3. The minimum absolute atomic E-state index is 0.106. The molecule has 1 aromatic carbocycles. The SMILES string of the molecule is NC(COC=O)c1ccc(F)cc1. The topological polar surface area (TPSA) is 52.3 Å². The highest BCUT2D eigenvalue weighted by Gasteiger charge is 2.05. The van der Waals surface area contributed by atoms with Crippen molar-refractivity contribution in [1.82, 2.24) is 0 Å². The molecule has 70 valence electrons. The van der Waals surface area contributed by atoms with Gasteiger partial charge in [-0.25, -0.2) is 4.39 Å². The molecule has 1 atom stereocenters. The van der Waals surface area contributed by atoms with Crippen molar-refractivity contribution in [1.29, 1.82) is 0 Å².